The van der Waals surface area contributed by atoms with Crippen molar-refractivity contribution in [2.75, 3.05) is 50.0 Å². The van der Waals surface area contributed by atoms with Crippen LogP contribution >= 0.6 is 0 Å². The molecule has 4 rings (SSSR count). The van der Waals surface area contributed by atoms with Gasteiger partial charge in [-0.15, -0.1) is 0 Å². The number of nitrogens with zero attached hydrogens (tertiary/aromatic N) is 2. The summed E-state index contributed by atoms with van der Waals surface area (Å²) in [5.41, 5.74) is 2.54. The second-order valence-corrected chi connectivity index (χ2v) is 10.9. The summed E-state index contributed by atoms with van der Waals surface area (Å²) in [6, 6.07) is 21.1. The SMILES string of the molecule is COc1ccc(S(=O)(=O)Nc2cc(C(=O)N(C)Cc3ccccc3)ccc2N2CCNCC2)cc1.O=C(O)C(F)(F)F. The summed E-state index contributed by atoms with van der Waals surface area (Å²) < 4.78 is 66.0. The maximum atomic E-state index is 13.2. The molecule has 0 atom stereocenters. The molecule has 0 unspecified atom stereocenters. The number of benzene rings is 3. The average molecular weight is 609 g/mol. The minimum absolute atomic E-state index is 0.113. The number of rotatable bonds is 8. The predicted octanol–water partition coefficient (Wildman–Crippen LogP) is 3.81. The molecule has 3 aromatic rings. The summed E-state index contributed by atoms with van der Waals surface area (Å²) in [5, 5.41) is 10.4. The van der Waals surface area contributed by atoms with Crippen molar-refractivity contribution in [1.82, 2.24) is 10.2 Å². The van der Waals surface area contributed by atoms with Crippen LogP contribution in [0.1, 0.15) is 15.9 Å². The topological polar surface area (TPSA) is 128 Å². The first-order valence-electron chi connectivity index (χ1n) is 12.7. The van der Waals surface area contributed by atoms with E-state index in [1.54, 1.807) is 36.2 Å². The molecule has 0 saturated carbocycles. The van der Waals surface area contributed by atoms with Gasteiger partial charge in [-0.3, -0.25) is 9.52 Å². The number of methoxy groups -OCH3 is 1. The number of ether oxygens (including phenoxy) is 1. The van der Waals surface area contributed by atoms with Crippen LogP contribution in [0.15, 0.2) is 77.7 Å². The number of carboxylic acid groups (broad SMARTS) is 1. The monoisotopic (exact) mass is 608 g/mol. The van der Waals surface area contributed by atoms with Crippen LogP contribution in [0, 0.1) is 0 Å². The standard InChI is InChI=1S/C26H30N4O4S.C2HF3O2/c1-29(19-20-6-4-3-5-7-20)26(31)21-8-13-25(30-16-14-27-15-17-30)24(18-21)28-35(32,33)23-11-9-22(34-2)10-12-23;3-2(4,5)1(6)7/h3-13,18,27-28H,14-17,19H2,1-2H3;(H,6,7). The van der Waals surface area contributed by atoms with Gasteiger partial charge < -0.3 is 25.0 Å². The van der Waals surface area contributed by atoms with Crippen molar-refractivity contribution in [1.29, 1.82) is 0 Å². The van der Waals surface area contributed by atoms with Crippen LogP contribution in [0.4, 0.5) is 24.5 Å². The largest absolute Gasteiger partial charge is 0.497 e. The van der Waals surface area contributed by atoms with Gasteiger partial charge >= 0.3 is 12.1 Å². The highest BCUT2D eigenvalue weighted by atomic mass is 32.2. The molecule has 3 N–H and O–H groups in total. The number of carboxylic acids is 1. The first-order chi connectivity index (χ1) is 19.8. The second kappa shape index (κ2) is 14.0. The predicted molar refractivity (Wildman–Crippen MR) is 151 cm³/mol. The Labute approximate surface area is 241 Å². The van der Waals surface area contributed by atoms with E-state index in [4.69, 9.17) is 14.6 Å². The molecule has 0 spiro atoms. The van der Waals surface area contributed by atoms with E-state index in [1.165, 1.54) is 19.2 Å². The number of piperazine rings is 1. The second-order valence-electron chi connectivity index (χ2n) is 9.20. The van der Waals surface area contributed by atoms with Gasteiger partial charge in [0.05, 0.1) is 23.4 Å². The lowest BCUT2D eigenvalue weighted by atomic mass is 10.1. The van der Waals surface area contributed by atoms with Gasteiger partial charge in [-0.05, 0) is 48.0 Å². The quantitative estimate of drug-likeness (QED) is 0.352. The normalized spacial score (nSPS) is 13.4. The van der Waals surface area contributed by atoms with Crippen LogP contribution in [0.2, 0.25) is 0 Å². The van der Waals surface area contributed by atoms with Gasteiger partial charge in [0.2, 0.25) is 0 Å². The van der Waals surface area contributed by atoms with Gasteiger partial charge in [0.25, 0.3) is 15.9 Å². The maximum Gasteiger partial charge on any atom is 0.490 e. The molecule has 1 fully saturated rings. The molecule has 42 heavy (non-hydrogen) atoms. The number of carbonyl (C=O) groups excluding carboxylic acids is 1. The molecular weight excluding hydrogens is 577 g/mol. The fourth-order valence-corrected chi connectivity index (χ4v) is 5.11. The van der Waals surface area contributed by atoms with E-state index in [1.807, 2.05) is 36.4 Å². The first kappa shape index (κ1) is 32.2. The molecular formula is C28H31F3N4O6S. The molecule has 0 radical (unpaired) electrons. The molecule has 0 bridgehead atoms. The van der Waals surface area contributed by atoms with E-state index in [9.17, 15) is 26.4 Å². The lowest BCUT2D eigenvalue weighted by Crippen LogP contribution is -2.43. The third-order valence-electron chi connectivity index (χ3n) is 6.17. The zero-order valence-electron chi connectivity index (χ0n) is 22.9. The lowest BCUT2D eigenvalue weighted by molar-refractivity contribution is -0.192. The number of carbonyl (C=O) groups is 2. The van der Waals surface area contributed by atoms with Gasteiger partial charge in [0, 0.05) is 45.3 Å². The molecule has 0 aromatic heterocycles. The van der Waals surface area contributed by atoms with Gasteiger partial charge in [-0.2, -0.15) is 13.2 Å². The van der Waals surface area contributed by atoms with Crippen LogP contribution < -0.4 is 19.7 Å². The number of amides is 1. The Morgan fingerprint density at radius 3 is 2.17 bits per heavy atom. The van der Waals surface area contributed by atoms with E-state index in [-0.39, 0.29) is 10.8 Å². The third kappa shape index (κ3) is 8.85. The van der Waals surface area contributed by atoms with Crippen LogP contribution in [0.5, 0.6) is 5.75 Å². The van der Waals surface area contributed by atoms with E-state index in [2.05, 4.69) is 14.9 Å². The van der Waals surface area contributed by atoms with Crippen LogP contribution in [0.25, 0.3) is 0 Å². The highest BCUT2D eigenvalue weighted by Crippen LogP contribution is 2.31. The van der Waals surface area contributed by atoms with E-state index in [0.29, 0.717) is 23.5 Å². The van der Waals surface area contributed by atoms with Crippen molar-refractivity contribution in [3.05, 3.63) is 83.9 Å². The van der Waals surface area contributed by atoms with Crippen LogP contribution in [0.3, 0.4) is 0 Å². The van der Waals surface area contributed by atoms with Gasteiger partial charge in [0.1, 0.15) is 5.75 Å². The Hall–Kier alpha value is -4.30. The van der Waals surface area contributed by atoms with Crippen molar-refractivity contribution in [3.8, 4) is 5.75 Å². The van der Waals surface area contributed by atoms with Crippen molar-refractivity contribution >= 4 is 33.3 Å². The van der Waals surface area contributed by atoms with Crippen LogP contribution in [-0.2, 0) is 21.4 Å². The zero-order valence-corrected chi connectivity index (χ0v) is 23.7. The molecule has 1 aliphatic rings. The highest BCUT2D eigenvalue weighted by molar-refractivity contribution is 7.92. The van der Waals surface area contributed by atoms with Crippen molar-refractivity contribution < 1.29 is 41.0 Å². The Bertz CT molecular complexity index is 1460. The summed E-state index contributed by atoms with van der Waals surface area (Å²) in [6.45, 7) is 3.51. The van der Waals surface area contributed by atoms with Crippen molar-refractivity contribution in [2.24, 2.45) is 0 Å². The number of nitrogens with one attached hydrogen (secondary N) is 2. The van der Waals surface area contributed by atoms with Gasteiger partial charge in [0.15, 0.2) is 0 Å². The number of hydrogen-bond acceptors (Lipinski definition) is 7. The third-order valence-corrected chi connectivity index (χ3v) is 7.55. The Balaban J connectivity index is 0.000000616. The first-order valence-corrected chi connectivity index (χ1v) is 14.2. The number of anilines is 2. The van der Waals surface area contributed by atoms with Gasteiger partial charge in [-0.1, -0.05) is 30.3 Å². The lowest BCUT2D eigenvalue weighted by Gasteiger charge is -2.31. The summed E-state index contributed by atoms with van der Waals surface area (Å²) in [5.74, 6) is -2.38. The fourth-order valence-electron chi connectivity index (χ4n) is 4.04. The van der Waals surface area contributed by atoms with Crippen LogP contribution in [-0.4, -0.2) is 76.8 Å². The Morgan fingerprint density at radius 1 is 1.02 bits per heavy atom. The summed E-state index contributed by atoms with van der Waals surface area (Å²) in [7, 11) is -0.620. The number of aliphatic carboxylic acids is 1. The number of hydrogen-bond donors (Lipinski definition) is 3. The Kier molecular flexibility index (Phi) is 10.8. The molecule has 1 aliphatic heterocycles. The molecule has 1 amide bonds. The molecule has 14 heteroatoms. The highest BCUT2D eigenvalue weighted by Gasteiger charge is 2.38. The minimum Gasteiger partial charge on any atom is -0.497 e. The fraction of sp³-hybridized carbons (Fsp3) is 0.286. The maximum absolute atomic E-state index is 13.2. The minimum atomic E-state index is -5.08. The number of sulfonamides is 1. The van der Waals surface area contributed by atoms with Gasteiger partial charge in [-0.25, -0.2) is 13.2 Å². The van der Waals surface area contributed by atoms with Crippen molar-refractivity contribution in [3.63, 3.8) is 0 Å². The zero-order chi connectivity index (χ0) is 30.9. The Morgan fingerprint density at radius 2 is 1.62 bits per heavy atom. The molecule has 1 saturated heterocycles. The number of halogens is 3. The van der Waals surface area contributed by atoms with E-state index < -0.39 is 22.2 Å². The smallest absolute Gasteiger partial charge is 0.490 e. The van der Waals surface area contributed by atoms with Crippen molar-refractivity contribution in [2.45, 2.75) is 17.6 Å². The summed E-state index contributed by atoms with van der Waals surface area (Å²) in [6.07, 6.45) is -5.08. The molecule has 0 aliphatic carbocycles. The molecule has 10 nitrogen and oxygen atoms in total. The molecule has 226 valence electrons. The summed E-state index contributed by atoms with van der Waals surface area (Å²) in [4.78, 5) is 26.0. The van der Waals surface area contributed by atoms with E-state index >= 15 is 0 Å². The molecule has 1 heterocycles. The number of alkyl halides is 3. The molecule has 3 aromatic carbocycles. The van der Waals surface area contributed by atoms with E-state index in [0.717, 1.165) is 37.4 Å². The average Bonchev–Trinajstić information content (AvgIpc) is 2.97. The summed E-state index contributed by atoms with van der Waals surface area (Å²) >= 11 is 0.